The molecule has 0 spiro atoms. The van der Waals surface area contributed by atoms with Gasteiger partial charge in [0, 0.05) is 5.54 Å². The van der Waals surface area contributed by atoms with Crippen LogP contribution in [0.2, 0.25) is 0 Å². The fourth-order valence-electron chi connectivity index (χ4n) is 2.59. The van der Waals surface area contributed by atoms with Crippen LogP contribution in [0.1, 0.15) is 58.8 Å². The number of hydrogen-bond donors (Lipinski definition) is 2. The summed E-state index contributed by atoms with van der Waals surface area (Å²) in [5, 5.41) is 13.0. The van der Waals surface area contributed by atoms with E-state index in [1.165, 1.54) is 45.2 Å². The van der Waals surface area contributed by atoms with Crippen molar-refractivity contribution in [1.82, 2.24) is 10.2 Å². The second kappa shape index (κ2) is 8.89. The third kappa shape index (κ3) is 6.17. The van der Waals surface area contributed by atoms with Crippen molar-refractivity contribution in [2.24, 2.45) is 0 Å². The Morgan fingerprint density at radius 2 is 1.72 bits per heavy atom. The summed E-state index contributed by atoms with van der Waals surface area (Å²) in [7, 11) is 0. The van der Waals surface area contributed by atoms with Crippen LogP contribution >= 0.6 is 0 Å². The first kappa shape index (κ1) is 15.9. The van der Waals surface area contributed by atoms with E-state index in [0.29, 0.717) is 0 Å². The largest absolute Gasteiger partial charge is 0.394 e. The van der Waals surface area contributed by atoms with Gasteiger partial charge in [0.15, 0.2) is 0 Å². The number of aliphatic hydroxyl groups excluding tert-OH is 1. The van der Waals surface area contributed by atoms with E-state index in [4.69, 9.17) is 0 Å². The van der Waals surface area contributed by atoms with E-state index in [2.05, 4.69) is 24.1 Å². The lowest BCUT2D eigenvalue weighted by Crippen LogP contribution is -2.48. The summed E-state index contributed by atoms with van der Waals surface area (Å²) in [6.07, 6.45) is 9.06. The monoisotopic (exact) mass is 256 g/mol. The maximum atomic E-state index is 9.56. The minimum Gasteiger partial charge on any atom is -0.394 e. The molecule has 0 bridgehead atoms. The van der Waals surface area contributed by atoms with Crippen LogP contribution in [0.25, 0.3) is 0 Å². The van der Waals surface area contributed by atoms with Gasteiger partial charge in [-0.3, -0.25) is 0 Å². The highest BCUT2D eigenvalue weighted by Crippen LogP contribution is 2.14. The molecule has 1 fully saturated rings. The van der Waals surface area contributed by atoms with E-state index >= 15 is 0 Å². The van der Waals surface area contributed by atoms with Gasteiger partial charge in [0.2, 0.25) is 0 Å². The van der Waals surface area contributed by atoms with Crippen molar-refractivity contribution < 1.29 is 5.11 Å². The minimum atomic E-state index is -0.0988. The highest BCUT2D eigenvalue weighted by molar-refractivity contribution is 4.83. The van der Waals surface area contributed by atoms with Gasteiger partial charge in [0.25, 0.3) is 0 Å². The molecule has 18 heavy (non-hydrogen) atoms. The quantitative estimate of drug-likeness (QED) is 0.734. The van der Waals surface area contributed by atoms with Gasteiger partial charge in [-0.2, -0.15) is 0 Å². The first-order valence-corrected chi connectivity index (χ1v) is 7.78. The molecule has 1 aliphatic rings. The predicted molar refractivity (Wildman–Crippen MR) is 77.9 cm³/mol. The molecule has 1 saturated heterocycles. The van der Waals surface area contributed by atoms with Gasteiger partial charge in [-0.05, 0) is 58.8 Å². The Bertz CT molecular complexity index is 203. The van der Waals surface area contributed by atoms with Crippen molar-refractivity contribution in [3.8, 4) is 0 Å². The molecule has 0 amide bonds. The zero-order valence-corrected chi connectivity index (χ0v) is 12.4. The van der Waals surface area contributed by atoms with Gasteiger partial charge in [0.1, 0.15) is 0 Å². The number of rotatable bonds is 7. The van der Waals surface area contributed by atoms with Crippen LogP contribution in [-0.4, -0.2) is 48.3 Å². The van der Waals surface area contributed by atoms with Gasteiger partial charge in [-0.15, -0.1) is 0 Å². The Labute approximate surface area is 113 Å². The topological polar surface area (TPSA) is 35.5 Å². The molecule has 0 radical (unpaired) electrons. The number of nitrogens with zero attached hydrogens (tertiary/aromatic N) is 1. The molecule has 1 rings (SSSR count). The van der Waals surface area contributed by atoms with Crippen molar-refractivity contribution in [2.45, 2.75) is 64.3 Å². The van der Waals surface area contributed by atoms with Crippen LogP contribution in [0.15, 0.2) is 0 Å². The van der Waals surface area contributed by atoms with E-state index in [1.807, 2.05) is 0 Å². The van der Waals surface area contributed by atoms with Crippen LogP contribution in [0.3, 0.4) is 0 Å². The molecule has 0 aromatic carbocycles. The number of aliphatic hydroxyl groups is 1. The van der Waals surface area contributed by atoms with Gasteiger partial charge in [-0.1, -0.05) is 26.2 Å². The first-order valence-electron chi connectivity index (χ1n) is 7.78. The summed E-state index contributed by atoms with van der Waals surface area (Å²) >= 11 is 0. The second-order valence-electron chi connectivity index (χ2n) is 6.00. The fraction of sp³-hybridized carbons (Fsp3) is 1.00. The van der Waals surface area contributed by atoms with Crippen LogP contribution in [-0.2, 0) is 0 Å². The molecule has 0 aromatic heterocycles. The van der Waals surface area contributed by atoms with E-state index in [0.717, 1.165) is 25.9 Å². The van der Waals surface area contributed by atoms with Crippen molar-refractivity contribution in [3.63, 3.8) is 0 Å². The molecule has 0 aromatic rings. The van der Waals surface area contributed by atoms with Gasteiger partial charge in [-0.25, -0.2) is 0 Å². The third-order valence-corrected chi connectivity index (χ3v) is 4.08. The first-order chi connectivity index (χ1) is 8.70. The Hall–Kier alpha value is -0.120. The van der Waals surface area contributed by atoms with E-state index < -0.39 is 0 Å². The molecule has 1 heterocycles. The summed E-state index contributed by atoms with van der Waals surface area (Å²) in [6.45, 7) is 9.16. The molecule has 3 nitrogen and oxygen atoms in total. The van der Waals surface area contributed by atoms with Crippen LogP contribution in [0.4, 0.5) is 0 Å². The zero-order valence-electron chi connectivity index (χ0n) is 12.4. The van der Waals surface area contributed by atoms with Crippen molar-refractivity contribution in [3.05, 3.63) is 0 Å². The minimum absolute atomic E-state index is 0.0988. The standard InChI is InChI=1S/C15H32N2O/c1-3-10-16-15(2,14-18)9-13-17-11-7-5-4-6-8-12-17/h16,18H,3-14H2,1-2H3. The highest BCUT2D eigenvalue weighted by atomic mass is 16.3. The zero-order chi connectivity index (χ0) is 13.3. The summed E-state index contributed by atoms with van der Waals surface area (Å²) in [5.74, 6) is 0. The normalized spacial score (nSPS) is 22.2. The fourth-order valence-corrected chi connectivity index (χ4v) is 2.59. The highest BCUT2D eigenvalue weighted by Gasteiger charge is 2.23. The molecular weight excluding hydrogens is 224 g/mol. The molecular formula is C15H32N2O. The molecule has 108 valence electrons. The molecule has 1 aliphatic heterocycles. The van der Waals surface area contributed by atoms with Crippen LogP contribution in [0, 0.1) is 0 Å². The number of likely N-dealkylation sites (tertiary alicyclic amines) is 1. The lowest BCUT2D eigenvalue weighted by atomic mass is 9.98. The molecule has 0 saturated carbocycles. The molecule has 2 N–H and O–H groups in total. The summed E-state index contributed by atoms with van der Waals surface area (Å²) in [6, 6.07) is 0. The Balaban J connectivity index is 2.30. The maximum Gasteiger partial charge on any atom is 0.0611 e. The average molecular weight is 256 g/mol. The number of hydrogen-bond acceptors (Lipinski definition) is 3. The molecule has 0 aliphatic carbocycles. The lowest BCUT2D eigenvalue weighted by molar-refractivity contribution is 0.142. The predicted octanol–water partition coefficient (Wildman–Crippen LogP) is 2.39. The molecule has 3 heteroatoms. The smallest absolute Gasteiger partial charge is 0.0611 e. The molecule has 1 atom stereocenters. The van der Waals surface area contributed by atoms with E-state index in [-0.39, 0.29) is 12.1 Å². The van der Waals surface area contributed by atoms with Crippen LogP contribution in [0.5, 0.6) is 0 Å². The van der Waals surface area contributed by atoms with Crippen molar-refractivity contribution in [2.75, 3.05) is 32.8 Å². The van der Waals surface area contributed by atoms with E-state index in [1.54, 1.807) is 0 Å². The van der Waals surface area contributed by atoms with Gasteiger partial charge in [0.05, 0.1) is 6.61 Å². The Morgan fingerprint density at radius 1 is 1.11 bits per heavy atom. The van der Waals surface area contributed by atoms with Gasteiger partial charge >= 0.3 is 0 Å². The van der Waals surface area contributed by atoms with Crippen LogP contribution < -0.4 is 5.32 Å². The summed E-state index contributed by atoms with van der Waals surface area (Å²) in [4.78, 5) is 2.58. The second-order valence-corrected chi connectivity index (χ2v) is 6.00. The van der Waals surface area contributed by atoms with Crippen molar-refractivity contribution >= 4 is 0 Å². The molecule has 1 unspecified atom stereocenters. The third-order valence-electron chi connectivity index (χ3n) is 4.08. The SMILES string of the molecule is CCCNC(C)(CO)CCN1CCCCCCC1. The Kier molecular flexibility index (Phi) is 7.87. The maximum absolute atomic E-state index is 9.56. The summed E-state index contributed by atoms with van der Waals surface area (Å²) < 4.78 is 0. The lowest BCUT2D eigenvalue weighted by Gasteiger charge is -2.32. The van der Waals surface area contributed by atoms with E-state index in [9.17, 15) is 5.11 Å². The van der Waals surface area contributed by atoms with Crippen molar-refractivity contribution in [1.29, 1.82) is 0 Å². The van der Waals surface area contributed by atoms with Gasteiger partial charge < -0.3 is 15.3 Å². The Morgan fingerprint density at radius 3 is 2.28 bits per heavy atom. The average Bonchev–Trinajstić information content (AvgIpc) is 2.35. The number of nitrogens with one attached hydrogen (secondary N) is 1. The summed E-state index contributed by atoms with van der Waals surface area (Å²) in [5.41, 5.74) is -0.0988.